The van der Waals surface area contributed by atoms with Gasteiger partial charge in [0.05, 0.1) is 6.20 Å². The van der Waals surface area contributed by atoms with Crippen molar-refractivity contribution in [1.29, 1.82) is 0 Å². The normalized spacial score (nSPS) is 10.5. The van der Waals surface area contributed by atoms with Crippen LogP contribution in [0.1, 0.15) is 32.7 Å². The zero-order chi connectivity index (χ0) is 17.8. The van der Waals surface area contributed by atoms with Gasteiger partial charge < -0.3 is 4.74 Å². The minimum atomic E-state index is -0.404. The van der Waals surface area contributed by atoms with Gasteiger partial charge in [-0.25, -0.2) is 4.79 Å². The maximum Gasteiger partial charge on any atom is 0.410 e. The Hall–Kier alpha value is -3.01. The van der Waals surface area contributed by atoms with Crippen LogP contribution in [-0.2, 0) is 6.54 Å². The second kappa shape index (κ2) is 7.26. The van der Waals surface area contributed by atoms with Gasteiger partial charge in [0, 0.05) is 5.56 Å². The predicted molar refractivity (Wildman–Crippen MR) is 95.6 cm³/mol. The molecular formula is C21H21N2O2+. The second-order valence-electron chi connectivity index (χ2n) is 6.19. The molecule has 3 aromatic rings. The summed E-state index contributed by atoms with van der Waals surface area (Å²) in [5.74, 6) is 0.213. The van der Waals surface area contributed by atoms with E-state index >= 15 is 0 Å². The molecule has 0 saturated heterocycles. The maximum atomic E-state index is 12.7. The zero-order valence-corrected chi connectivity index (χ0v) is 14.7. The molecule has 0 atom stereocenters. The molecule has 0 aliphatic heterocycles. The van der Waals surface area contributed by atoms with Crippen LogP contribution >= 0.6 is 0 Å². The fourth-order valence-electron chi connectivity index (χ4n) is 2.95. The van der Waals surface area contributed by atoms with E-state index in [0.717, 1.165) is 22.3 Å². The van der Waals surface area contributed by atoms with Gasteiger partial charge in [0.2, 0.25) is 0 Å². The number of carbonyl (C=O) groups is 1. The lowest BCUT2D eigenvalue weighted by Gasteiger charge is -2.11. The molecule has 4 heteroatoms. The molecular weight excluding hydrogens is 312 g/mol. The van der Waals surface area contributed by atoms with Crippen LogP contribution in [0, 0.1) is 20.8 Å². The van der Waals surface area contributed by atoms with Crippen molar-refractivity contribution in [3.8, 4) is 5.75 Å². The summed E-state index contributed by atoms with van der Waals surface area (Å²) in [7, 11) is 0. The number of carbonyl (C=O) groups excluding carboxylic acids is 1. The fraction of sp³-hybridized carbons (Fsp3) is 0.190. The molecule has 0 aliphatic rings. The van der Waals surface area contributed by atoms with Crippen molar-refractivity contribution in [2.45, 2.75) is 27.3 Å². The van der Waals surface area contributed by atoms with E-state index in [-0.39, 0.29) is 0 Å². The van der Waals surface area contributed by atoms with Crippen LogP contribution in [0.25, 0.3) is 0 Å². The van der Waals surface area contributed by atoms with Crippen LogP contribution in [0.15, 0.2) is 61.1 Å². The van der Waals surface area contributed by atoms with Crippen LogP contribution < -0.4 is 9.30 Å². The van der Waals surface area contributed by atoms with Gasteiger partial charge in [-0.2, -0.15) is 4.57 Å². The molecule has 0 unspecified atom stereocenters. The first-order valence-electron chi connectivity index (χ1n) is 8.22. The maximum absolute atomic E-state index is 12.7. The summed E-state index contributed by atoms with van der Waals surface area (Å²) in [6.07, 6.45) is 5.00. The number of aromatic nitrogens is 2. The number of aryl methyl sites for hydroxylation is 3. The fourth-order valence-corrected chi connectivity index (χ4v) is 2.95. The number of hydrogen-bond donors (Lipinski definition) is 0. The SMILES string of the molecule is Cc1cc(C)c(OC(=O)c2cncc[n+]2Cc2ccccc2)c(C)c1. The van der Waals surface area contributed by atoms with Crippen LogP contribution in [0.4, 0.5) is 0 Å². The van der Waals surface area contributed by atoms with Gasteiger partial charge in [-0.3, -0.25) is 4.98 Å². The van der Waals surface area contributed by atoms with Crippen LogP contribution in [0.3, 0.4) is 0 Å². The Morgan fingerprint density at radius 2 is 1.76 bits per heavy atom. The van der Waals surface area contributed by atoms with Crippen molar-refractivity contribution in [1.82, 2.24) is 4.98 Å². The van der Waals surface area contributed by atoms with E-state index in [1.165, 1.54) is 0 Å². The molecule has 0 amide bonds. The molecule has 3 rings (SSSR count). The summed E-state index contributed by atoms with van der Waals surface area (Å²) >= 11 is 0. The zero-order valence-electron chi connectivity index (χ0n) is 14.7. The van der Waals surface area contributed by atoms with E-state index < -0.39 is 5.97 Å². The van der Waals surface area contributed by atoms with Gasteiger partial charge in [0.1, 0.15) is 11.9 Å². The van der Waals surface area contributed by atoms with E-state index in [1.54, 1.807) is 18.6 Å². The van der Waals surface area contributed by atoms with E-state index in [4.69, 9.17) is 4.74 Å². The second-order valence-corrected chi connectivity index (χ2v) is 6.19. The molecule has 4 nitrogen and oxygen atoms in total. The van der Waals surface area contributed by atoms with Gasteiger partial charge in [0.25, 0.3) is 0 Å². The molecule has 25 heavy (non-hydrogen) atoms. The monoisotopic (exact) mass is 333 g/mol. The number of esters is 1. The summed E-state index contributed by atoms with van der Waals surface area (Å²) in [5, 5.41) is 0. The summed E-state index contributed by atoms with van der Waals surface area (Å²) in [5.41, 5.74) is 4.57. The van der Waals surface area contributed by atoms with Crippen LogP contribution in [0.5, 0.6) is 5.75 Å². The first kappa shape index (κ1) is 16.8. The summed E-state index contributed by atoms with van der Waals surface area (Å²) in [6, 6.07) is 14.0. The highest BCUT2D eigenvalue weighted by Crippen LogP contribution is 2.25. The molecule has 2 aromatic carbocycles. The van der Waals surface area contributed by atoms with E-state index in [1.807, 2.05) is 67.8 Å². The predicted octanol–water partition coefficient (Wildman–Crippen LogP) is 3.56. The number of nitrogens with zero attached hydrogens (tertiary/aromatic N) is 2. The first-order valence-corrected chi connectivity index (χ1v) is 8.22. The van der Waals surface area contributed by atoms with Crippen molar-refractivity contribution in [3.63, 3.8) is 0 Å². The van der Waals surface area contributed by atoms with Crippen LogP contribution in [0.2, 0.25) is 0 Å². The average molecular weight is 333 g/mol. The van der Waals surface area contributed by atoms with Crippen LogP contribution in [-0.4, -0.2) is 11.0 Å². The Labute approximate surface area is 147 Å². The summed E-state index contributed by atoms with van der Waals surface area (Å²) < 4.78 is 7.55. The molecule has 0 spiro atoms. The highest BCUT2D eigenvalue weighted by Gasteiger charge is 2.23. The molecule has 0 fully saturated rings. The van der Waals surface area contributed by atoms with E-state index in [0.29, 0.717) is 18.0 Å². The van der Waals surface area contributed by atoms with Crippen molar-refractivity contribution in [2.24, 2.45) is 0 Å². The Morgan fingerprint density at radius 1 is 1.08 bits per heavy atom. The Kier molecular flexibility index (Phi) is 4.89. The van der Waals surface area contributed by atoms with E-state index in [9.17, 15) is 4.79 Å². The van der Waals surface area contributed by atoms with Gasteiger partial charge in [0.15, 0.2) is 12.7 Å². The minimum absolute atomic E-state index is 0.404. The Balaban J connectivity index is 1.88. The Morgan fingerprint density at radius 3 is 2.44 bits per heavy atom. The lowest BCUT2D eigenvalue weighted by atomic mass is 10.1. The average Bonchev–Trinajstić information content (AvgIpc) is 2.59. The summed E-state index contributed by atoms with van der Waals surface area (Å²) in [4.78, 5) is 16.8. The highest BCUT2D eigenvalue weighted by atomic mass is 16.5. The van der Waals surface area contributed by atoms with Gasteiger partial charge in [-0.05, 0) is 31.9 Å². The molecule has 126 valence electrons. The summed E-state index contributed by atoms with van der Waals surface area (Å²) in [6.45, 7) is 6.51. The third-order valence-electron chi connectivity index (χ3n) is 4.04. The highest BCUT2D eigenvalue weighted by molar-refractivity contribution is 5.87. The third-order valence-corrected chi connectivity index (χ3v) is 4.04. The molecule has 1 heterocycles. The molecule has 0 radical (unpaired) electrons. The lowest BCUT2D eigenvalue weighted by molar-refractivity contribution is -0.691. The third kappa shape index (κ3) is 3.91. The standard InChI is InChI=1S/C21H21N2O2/c1-15-11-16(2)20(17(3)12-15)25-21(24)19-13-22-9-10-23(19)14-18-7-5-4-6-8-18/h4-13H,14H2,1-3H3/q+1. The first-order chi connectivity index (χ1) is 12.0. The topological polar surface area (TPSA) is 43.1 Å². The number of hydrogen-bond acceptors (Lipinski definition) is 3. The molecule has 0 bridgehead atoms. The smallest absolute Gasteiger partial charge is 0.410 e. The largest absolute Gasteiger partial charge is 0.418 e. The molecule has 0 N–H and O–H groups in total. The number of benzene rings is 2. The van der Waals surface area contributed by atoms with Gasteiger partial charge in [-0.15, -0.1) is 0 Å². The van der Waals surface area contributed by atoms with Crippen molar-refractivity contribution in [2.75, 3.05) is 0 Å². The van der Waals surface area contributed by atoms with Crippen molar-refractivity contribution in [3.05, 3.63) is 89.0 Å². The molecule has 1 aromatic heterocycles. The van der Waals surface area contributed by atoms with Crippen molar-refractivity contribution >= 4 is 5.97 Å². The number of rotatable bonds is 4. The quantitative estimate of drug-likeness (QED) is 0.416. The minimum Gasteiger partial charge on any atom is -0.418 e. The Bertz CT molecular complexity index is 882. The number of ether oxygens (including phenoxy) is 1. The lowest BCUT2D eigenvalue weighted by Crippen LogP contribution is -2.42. The van der Waals surface area contributed by atoms with Gasteiger partial charge in [-0.1, -0.05) is 48.0 Å². The van der Waals surface area contributed by atoms with Gasteiger partial charge >= 0.3 is 11.7 Å². The molecule has 0 saturated carbocycles. The van der Waals surface area contributed by atoms with Crippen molar-refractivity contribution < 1.29 is 14.1 Å². The molecule has 0 aliphatic carbocycles. The van der Waals surface area contributed by atoms with E-state index in [2.05, 4.69) is 4.98 Å².